The van der Waals surface area contributed by atoms with Crippen molar-refractivity contribution in [3.05, 3.63) is 64.7 Å². The Bertz CT molecular complexity index is 946. The molecule has 2 saturated heterocycles. The zero-order valence-electron chi connectivity index (χ0n) is 19.7. The van der Waals surface area contributed by atoms with Crippen molar-refractivity contribution in [3.8, 4) is 0 Å². The van der Waals surface area contributed by atoms with E-state index in [9.17, 15) is 13.6 Å². The summed E-state index contributed by atoms with van der Waals surface area (Å²) >= 11 is 5.59. The molecular formula is C26H33ClF2N4O. The molecule has 1 N–H and O–H groups in total. The van der Waals surface area contributed by atoms with Crippen molar-refractivity contribution < 1.29 is 13.6 Å². The molecule has 0 aliphatic carbocycles. The minimum atomic E-state index is -0.768. The van der Waals surface area contributed by atoms with Crippen molar-refractivity contribution >= 4 is 23.3 Å². The highest BCUT2D eigenvalue weighted by Crippen LogP contribution is 2.27. The van der Waals surface area contributed by atoms with Gasteiger partial charge in [0, 0.05) is 44.5 Å². The number of piperidine rings is 1. The smallest absolute Gasteiger partial charge is 0.317 e. The van der Waals surface area contributed by atoms with Gasteiger partial charge in [-0.25, -0.2) is 13.6 Å². The Labute approximate surface area is 205 Å². The van der Waals surface area contributed by atoms with Crippen molar-refractivity contribution in [1.29, 1.82) is 0 Å². The van der Waals surface area contributed by atoms with Crippen LogP contribution in [-0.4, -0.2) is 61.1 Å². The standard InChI is InChI=1S/C26H33ClF2N4O/c1-19-17-32(22-15-23(28)25(27)24(29)16-22)13-14-33(19)26(34)30-10-7-20-8-11-31(12-9-20)18-21-5-3-2-4-6-21/h2-6,15-16,19-20H,7-14,17-18H2,1H3,(H,30,34)/t19-/m1/s1. The summed E-state index contributed by atoms with van der Waals surface area (Å²) in [7, 11) is 0. The first-order chi connectivity index (χ1) is 16.4. The number of likely N-dealkylation sites (tertiary alicyclic amines) is 1. The second-order valence-corrected chi connectivity index (χ2v) is 9.82. The molecule has 8 heteroatoms. The van der Waals surface area contributed by atoms with Crippen LogP contribution in [0.25, 0.3) is 0 Å². The Kier molecular flexibility index (Phi) is 8.27. The summed E-state index contributed by atoms with van der Waals surface area (Å²) in [6.07, 6.45) is 3.31. The van der Waals surface area contributed by atoms with Crippen LogP contribution < -0.4 is 10.2 Å². The van der Waals surface area contributed by atoms with E-state index < -0.39 is 16.7 Å². The molecule has 2 amide bonds. The molecule has 34 heavy (non-hydrogen) atoms. The van der Waals surface area contributed by atoms with E-state index in [-0.39, 0.29) is 12.1 Å². The maximum atomic E-state index is 13.8. The van der Waals surface area contributed by atoms with Gasteiger partial charge >= 0.3 is 6.03 Å². The third-order valence-corrected chi connectivity index (χ3v) is 7.37. The lowest BCUT2D eigenvalue weighted by atomic mass is 9.93. The largest absolute Gasteiger partial charge is 0.368 e. The summed E-state index contributed by atoms with van der Waals surface area (Å²) in [6, 6.07) is 12.9. The van der Waals surface area contributed by atoms with Crippen LogP contribution in [0, 0.1) is 17.6 Å². The maximum absolute atomic E-state index is 13.8. The lowest BCUT2D eigenvalue weighted by Crippen LogP contribution is -2.56. The molecule has 0 saturated carbocycles. The van der Waals surface area contributed by atoms with Crippen LogP contribution in [0.2, 0.25) is 5.02 Å². The summed E-state index contributed by atoms with van der Waals surface area (Å²) in [6.45, 7) is 7.34. The van der Waals surface area contributed by atoms with Gasteiger partial charge in [0.2, 0.25) is 0 Å². The van der Waals surface area contributed by atoms with E-state index in [2.05, 4.69) is 34.5 Å². The number of carbonyl (C=O) groups is 1. The van der Waals surface area contributed by atoms with Crippen LogP contribution in [0.15, 0.2) is 42.5 Å². The number of benzene rings is 2. The highest BCUT2D eigenvalue weighted by molar-refractivity contribution is 6.30. The third-order valence-electron chi connectivity index (χ3n) is 7.01. The zero-order valence-corrected chi connectivity index (χ0v) is 20.4. The zero-order chi connectivity index (χ0) is 24.1. The van der Waals surface area contributed by atoms with Gasteiger partial charge in [-0.15, -0.1) is 0 Å². The molecule has 2 heterocycles. The first-order valence-electron chi connectivity index (χ1n) is 12.1. The molecule has 0 radical (unpaired) electrons. The van der Waals surface area contributed by atoms with E-state index in [0.717, 1.165) is 38.9 Å². The molecule has 2 aromatic rings. The molecule has 2 fully saturated rings. The Balaban J connectivity index is 1.17. The second kappa shape index (κ2) is 11.4. The lowest BCUT2D eigenvalue weighted by Gasteiger charge is -2.41. The number of amides is 2. The molecule has 0 aromatic heterocycles. The highest BCUT2D eigenvalue weighted by Gasteiger charge is 2.28. The van der Waals surface area contributed by atoms with Gasteiger partial charge in [0.15, 0.2) is 0 Å². The number of rotatable bonds is 6. The van der Waals surface area contributed by atoms with Crippen LogP contribution in [0.4, 0.5) is 19.3 Å². The Morgan fingerprint density at radius 3 is 2.38 bits per heavy atom. The van der Waals surface area contributed by atoms with E-state index in [4.69, 9.17) is 11.6 Å². The van der Waals surface area contributed by atoms with Crippen molar-refractivity contribution in [2.75, 3.05) is 44.2 Å². The van der Waals surface area contributed by atoms with Crippen LogP contribution >= 0.6 is 11.6 Å². The second-order valence-electron chi connectivity index (χ2n) is 9.44. The van der Waals surface area contributed by atoms with E-state index >= 15 is 0 Å². The van der Waals surface area contributed by atoms with Crippen LogP contribution in [0.3, 0.4) is 0 Å². The molecule has 2 aromatic carbocycles. The van der Waals surface area contributed by atoms with E-state index in [1.54, 1.807) is 0 Å². The van der Waals surface area contributed by atoms with Crippen molar-refractivity contribution in [1.82, 2.24) is 15.1 Å². The summed E-state index contributed by atoms with van der Waals surface area (Å²) in [4.78, 5) is 19.0. The van der Waals surface area contributed by atoms with Crippen molar-refractivity contribution in [2.24, 2.45) is 5.92 Å². The number of anilines is 1. The number of nitrogens with one attached hydrogen (secondary N) is 1. The van der Waals surface area contributed by atoms with Crippen LogP contribution in [0.5, 0.6) is 0 Å². The summed E-state index contributed by atoms with van der Waals surface area (Å²) in [5.41, 5.74) is 1.80. The van der Waals surface area contributed by atoms with Gasteiger partial charge in [-0.05, 0) is 62.9 Å². The molecule has 5 nitrogen and oxygen atoms in total. The monoisotopic (exact) mass is 490 g/mol. The third kappa shape index (κ3) is 6.19. The number of urea groups is 1. The van der Waals surface area contributed by atoms with E-state index in [0.29, 0.717) is 37.8 Å². The Morgan fingerprint density at radius 2 is 1.74 bits per heavy atom. The topological polar surface area (TPSA) is 38.8 Å². The number of halogens is 3. The summed E-state index contributed by atoms with van der Waals surface area (Å²) < 4.78 is 27.7. The van der Waals surface area contributed by atoms with Crippen molar-refractivity contribution in [3.63, 3.8) is 0 Å². The average molecular weight is 491 g/mol. The maximum Gasteiger partial charge on any atom is 0.317 e. The van der Waals surface area contributed by atoms with Gasteiger partial charge in [-0.2, -0.15) is 0 Å². The van der Waals surface area contributed by atoms with Gasteiger partial charge < -0.3 is 15.1 Å². The minimum absolute atomic E-state index is 0.0675. The molecule has 0 bridgehead atoms. The fourth-order valence-corrected chi connectivity index (χ4v) is 5.09. The lowest BCUT2D eigenvalue weighted by molar-refractivity contribution is 0.162. The normalized spacial score (nSPS) is 19.9. The SMILES string of the molecule is C[C@@H]1CN(c2cc(F)c(Cl)c(F)c2)CCN1C(=O)NCCC1CCN(Cc2ccccc2)CC1. The molecule has 1 atom stereocenters. The predicted molar refractivity (Wildman–Crippen MR) is 132 cm³/mol. The number of nitrogens with zero attached hydrogens (tertiary/aromatic N) is 3. The fraction of sp³-hybridized carbons (Fsp3) is 0.500. The molecule has 0 spiro atoms. The Morgan fingerprint density at radius 1 is 1.06 bits per heavy atom. The quantitative estimate of drug-likeness (QED) is 0.570. The molecular weight excluding hydrogens is 458 g/mol. The van der Waals surface area contributed by atoms with E-state index in [1.807, 2.05) is 22.8 Å². The number of piperazine rings is 1. The van der Waals surface area contributed by atoms with Gasteiger partial charge in [0.05, 0.1) is 0 Å². The molecule has 184 valence electrons. The molecule has 4 rings (SSSR count). The van der Waals surface area contributed by atoms with E-state index in [1.165, 1.54) is 17.7 Å². The first kappa shape index (κ1) is 24.7. The summed E-state index contributed by atoms with van der Waals surface area (Å²) in [5, 5.41) is 2.59. The number of hydrogen-bond donors (Lipinski definition) is 1. The first-order valence-corrected chi connectivity index (χ1v) is 12.5. The summed E-state index contributed by atoms with van der Waals surface area (Å²) in [5.74, 6) is -0.901. The van der Waals surface area contributed by atoms with Gasteiger partial charge in [0.25, 0.3) is 0 Å². The average Bonchev–Trinajstić information content (AvgIpc) is 2.84. The van der Waals surface area contributed by atoms with Gasteiger partial charge in [-0.1, -0.05) is 41.9 Å². The molecule has 2 aliphatic heterocycles. The fourth-order valence-electron chi connectivity index (χ4n) is 4.98. The van der Waals surface area contributed by atoms with Crippen LogP contribution in [-0.2, 0) is 6.54 Å². The molecule has 2 aliphatic rings. The number of carbonyl (C=O) groups excluding carboxylic acids is 1. The van der Waals surface area contributed by atoms with Crippen molar-refractivity contribution in [2.45, 2.75) is 38.8 Å². The highest BCUT2D eigenvalue weighted by atomic mass is 35.5. The predicted octanol–water partition coefficient (Wildman–Crippen LogP) is 5.14. The van der Waals surface area contributed by atoms with Crippen LogP contribution in [0.1, 0.15) is 31.7 Å². The minimum Gasteiger partial charge on any atom is -0.368 e. The Hall–Kier alpha value is -2.38. The molecule has 0 unspecified atom stereocenters. The van der Waals surface area contributed by atoms with Gasteiger partial charge in [0.1, 0.15) is 16.7 Å². The number of hydrogen-bond acceptors (Lipinski definition) is 3. The van der Waals surface area contributed by atoms with Gasteiger partial charge in [-0.3, -0.25) is 4.90 Å².